The topological polar surface area (TPSA) is 61.4 Å². The largest absolute Gasteiger partial charge is 0.388 e. The Morgan fingerprint density at radius 1 is 1.07 bits per heavy atom. The van der Waals surface area contributed by atoms with Gasteiger partial charge in [0.05, 0.1) is 0 Å². The Morgan fingerprint density at radius 2 is 1.53 bits per heavy atom. The maximum Gasteiger partial charge on any atom is 0.301 e. The number of hydrogen-bond donors (Lipinski definition) is 2. The van der Waals surface area contributed by atoms with Crippen molar-refractivity contribution in [3.63, 3.8) is 0 Å². The summed E-state index contributed by atoms with van der Waals surface area (Å²) in [5.41, 5.74) is 1.48. The Balaban J connectivity index is 2.82. The second-order valence-electron chi connectivity index (χ2n) is 3.22. The van der Waals surface area contributed by atoms with E-state index < -0.39 is 10.2 Å². The Kier molecular flexibility index (Phi) is 3.54. The minimum Gasteiger partial charge on any atom is -0.388 e. The zero-order valence-electron chi connectivity index (χ0n) is 8.98. The second-order valence-corrected chi connectivity index (χ2v) is 5.10. The van der Waals surface area contributed by atoms with Crippen molar-refractivity contribution < 1.29 is 8.42 Å². The fourth-order valence-corrected chi connectivity index (χ4v) is 1.56. The molecule has 0 aromatic heterocycles. The standard InChI is InChI=1S/C9H15N3O2S/c1-10-8-4-6-9(7-5-8)11-15(13,14)12(2)3/h4-7,10-11H,1-3H3. The van der Waals surface area contributed by atoms with Gasteiger partial charge < -0.3 is 5.32 Å². The van der Waals surface area contributed by atoms with Gasteiger partial charge in [-0.15, -0.1) is 0 Å². The van der Waals surface area contributed by atoms with Gasteiger partial charge in [-0.2, -0.15) is 12.7 Å². The van der Waals surface area contributed by atoms with E-state index in [0.29, 0.717) is 5.69 Å². The van der Waals surface area contributed by atoms with E-state index in [-0.39, 0.29) is 0 Å². The van der Waals surface area contributed by atoms with Crippen molar-refractivity contribution >= 4 is 21.6 Å². The van der Waals surface area contributed by atoms with Crippen molar-refractivity contribution in [2.75, 3.05) is 31.2 Å². The van der Waals surface area contributed by atoms with Crippen molar-refractivity contribution in [2.24, 2.45) is 0 Å². The molecule has 0 unspecified atom stereocenters. The van der Waals surface area contributed by atoms with Gasteiger partial charge in [0.25, 0.3) is 0 Å². The lowest BCUT2D eigenvalue weighted by atomic mass is 10.3. The molecular weight excluding hydrogens is 214 g/mol. The van der Waals surface area contributed by atoms with Crippen LogP contribution in [-0.4, -0.2) is 33.9 Å². The van der Waals surface area contributed by atoms with Gasteiger partial charge in [-0.1, -0.05) is 0 Å². The SMILES string of the molecule is CNc1ccc(NS(=O)(=O)N(C)C)cc1. The van der Waals surface area contributed by atoms with Gasteiger partial charge >= 0.3 is 10.2 Å². The fraction of sp³-hybridized carbons (Fsp3) is 0.333. The normalized spacial score (nSPS) is 11.5. The summed E-state index contributed by atoms with van der Waals surface area (Å²) in [4.78, 5) is 0. The van der Waals surface area contributed by atoms with Crippen molar-refractivity contribution in [3.8, 4) is 0 Å². The van der Waals surface area contributed by atoms with Crippen LogP contribution in [0.3, 0.4) is 0 Å². The van der Waals surface area contributed by atoms with Crippen LogP contribution in [0.5, 0.6) is 0 Å². The molecule has 0 saturated carbocycles. The van der Waals surface area contributed by atoms with Crippen LogP contribution < -0.4 is 10.0 Å². The number of benzene rings is 1. The summed E-state index contributed by atoms with van der Waals surface area (Å²) in [5, 5.41) is 2.95. The first-order valence-corrected chi connectivity index (χ1v) is 5.88. The molecule has 0 atom stereocenters. The minimum absolute atomic E-state index is 0.544. The van der Waals surface area contributed by atoms with Crippen LogP contribution in [-0.2, 0) is 10.2 Å². The van der Waals surface area contributed by atoms with Crippen LogP contribution in [0.2, 0.25) is 0 Å². The van der Waals surface area contributed by atoms with E-state index >= 15 is 0 Å². The maximum absolute atomic E-state index is 11.5. The first-order chi connectivity index (χ1) is 6.95. The molecule has 15 heavy (non-hydrogen) atoms. The lowest BCUT2D eigenvalue weighted by Crippen LogP contribution is -2.28. The molecule has 0 radical (unpaired) electrons. The summed E-state index contributed by atoms with van der Waals surface area (Å²) in [6.07, 6.45) is 0. The zero-order chi connectivity index (χ0) is 11.5. The molecule has 0 amide bonds. The fourth-order valence-electron chi connectivity index (χ4n) is 0.945. The van der Waals surface area contributed by atoms with E-state index in [1.165, 1.54) is 14.1 Å². The summed E-state index contributed by atoms with van der Waals surface area (Å²) in [5.74, 6) is 0. The van der Waals surface area contributed by atoms with Gasteiger partial charge in [0, 0.05) is 32.5 Å². The van der Waals surface area contributed by atoms with Crippen LogP contribution in [0.4, 0.5) is 11.4 Å². The minimum atomic E-state index is -3.41. The predicted octanol–water partition coefficient (Wildman–Crippen LogP) is 0.947. The Hall–Kier alpha value is -1.27. The number of rotatable bonds is 4. The molecule has 1 aromatic rings. The third-order valence-corrected chi connectivity index (χ3v) is 3.36. The molecule has 0 heterocycles. The van der Waals surface area contributed by atoms with Gasteiger partial charge in [0.1, 0.15) is 0 Å². The van der Waals surface area contributed by atoms with Crippen molar-refractivity contribution in [2.45, 2.75) is 0 Å². The van der Waals surface area contributed by atoms with E-state index in [1.54, 1.807) is 31.3 Å². The summed E-state index contributed by atoms with van der Waals surface area (Å²) in [6.45, 7) is 0. The second kappa shape index (κ2) is 4.50. The molecule has 1 aromatic carbocycles. The van der Waals surface area contributed by atoms with E-state index in [2.05, 4.69) is 10.0 Å². The highest BCUT2D eigenvalue weighted by atomic mass is 32.2. The number of anilines is 2. The Morgan fingerprint density at radius 3 is 1.93 bits per heavy atom. The average Bonchev–Trinajstić information content (AvgIpc) is 2.18. The molecule has 0 spiro atoms. The molecule has 1 rings (SSSR count). The molecule has 0 bridgehead atoms. The average molecular weight is 229 g/mol. The van der Waals surface area contributed by atoms with E-state index in [0.717, 1.165) is 9.99 Å². The van der Waals surface area contributed by atoms with Crippen LogP contribution in [0.15, 0.2) is 24.3 Å². The van der Waals surface area contributed by atoms with Crippen LogP contribution in [0.25, 0.3) is 0 Å². The monoisotopic (exact) mass is 229 g/mol. The van der Waals surface area contributed by atoms with Crippen molar-refractivity contribution in [1.29, 1.82) is 0 Å². The van der Waals surface area contributed by atoms with Crippen LogP contribution in [0, 0.1) is 0 Å². The van der Waals surface area contributed by atoms with E-state index in [1.807, 2.05) is 0 Å². The quantitative estimate of drug-likeness (QED) is 0.808. The highest BCUT2D eigenvalue weighted by Crippen LogP contribution is 2.14. The maximum atomic E-state index is 11.5. The van der Waals surface area contributed by atoms with Crippen LogP contribution in [0.1, 0.15) is 0 Å². The number of nitrogens with zero attached hydrogens (tertiary/aromatic N) is 1. The smallest absolute Gasteiger partial charge is 0.301 e. The first-order valence-electron chi connectivity index (χ1n) is 4.44. The highest BCUT2D eigenvalue weighted by molar-refractivity contribution is 7.90. The summed E-state index contributed by atoms with van der Waals surface area (Å²) >= 11 is 0. The summed E-state index contributed by atoms with van der Waals surface area (Å²) in [7, 11) is 1.35. The van der Waals surface area contributed by atoms with E-state index in [4.69, 9.17) is 0 Å². The van der Waals surface area contributed by atoms with Gasteiger partial charge in [0.2, 0.25) is 0 Å². The molecule has 84 valence electrons. The summed E-state index contributed by atoms with van der Waals surface area (Å²) in [6, 6.07) is 7.00. The molecule has 0 aliphatic rings. The van der Waals surface area contributed by atoms with Gasteiger partial charge in [-0.25, -0.2) is 0 Å². The Bertz CT molecular complexity index is 411. The zero-order valence-corrected chi connectivity index (χ0v) is 9.80. The molecule has 0 aliphatic heterocycles. The molecular formula is C9H15N3O2S. The number of nitrogens with one attached hydrogen (secondary N) is 2. The summed E-state index contributed by atoms with van der Waals surface area (Å²) < 4.78 is 26.5. The van der Waals surface area contributed by atoms with Gasteiger partial charge in [-0.3, -0.25) is 4.72 Å². The molecule has 0 saturated heterocycles. The molecule has 0 aliphatic carbocycles. The third-order valence-electron chi connectivity index (χ3n) is 1.90. The van der Waals surface area contributed by atoms with Gasteiger partial charge in [-0.05, 0) is 24.3 Å². The van der Waals surface area contributed by atoms with Crippen molar-refractivity contribution in [1.82, 2.24) is 4.31 Å². The third kappa shape index (κ3) is 3.10. The van der Waals surface area contributed by atoms with E-state index in [9.17, 15) is 8.42 Å². The number of hydrogen-bond acceptors (Lipinski definition) is 3. The first kappa shape index (κ1) is 11.8. The van der Waals surface area contributed by atoms with Gasteiger partial charge in [0.15, 0.2) is 0 Å². The van der Waals surface area contributed by atoms with Crippen LogP contribution >= 0.6 is 0 Å². The molecule has 5 nitrogen and oxygen atoms in total. The lowest BCUT2D eigenvalue weighted by Gasteiger charge is -2.13. The molecule has 6 heteroatoms. The van der Waals surface area contributed by atoms with Crippen molar-refractivity contribution in [3.05, 3.63) is 24.3 Å². The highest BCUT2D eigenvalue weighted by Gasteiger charge is 2.12. The predicted molar refractivity (Wildman–Crippen MR) is 62.2 cm³/mol. The molecule has 0 fully saturated rings. The Labute approximate surface area is 90.3 Å². The molecule has 2 N–H and O–H groups in total. The lowest BCUT2D eigenvalue weighted by molar-refractivity contribution is 0.527.